The first-order valence-corrected chi connectivity index (χ1v) is 12.9. The number of amides is 1. The van der Waals surface area contributed by atoms with E-state index < -0.39 is 15.8 Å². The predicted octanol–water partition coefficient (Wildman–Crippen LogP) is 2.09. The number of rotatable bonds is 8. The van der Waals surface area contributed by atoms with Gasteiger partial charge in [0.25, 0.3) is 5.91 Å². The molecule has 2 aliphatic rings. The number of aliphatic imine (C=N–C) groups is 1. The zero-order chi connectivity index (χ0) is 25.2. The molecule has 4 rings (SSSR count). The van der Waals surface area contributed by atoms with Crippen LogP contribution in [0.3, 0.4) is 0 Å². The number of nitrogens with one attached hydrogen (secondary N) is 5. The van der Waals surface area contributed by atoms with E-state index in [4.69, 9.17) is 4.99 Å². The summed E-state index contributed by atoms with van der Waals surface area (Å²) in [5.74, 6) is -0.424. The summed E-state index contributed by atoms with van der Waals surface area (Å²) in [6.45, 7) is 4.27. The first kappa shape index (κ1) is 24.6. The number of para-hydroxylation sites is 1. The number of nitrogens with zero attached hydrogens (tertiary/aromatic N) is 2. The fourth-order valence-electron chi connectivity index (χ4n) is 4.10. The monoisotopic (exact) mass is 497 g/mol. The average molecular weight is 498 g/mol. The number of anilines is 2. The highest BCUT2D eigenvalue weighted by atomic mass is 32.2. The van der Waals surface area contributed by atoms with Gasteiger partial charge in [-0.25, -0.2) is 18.1 Å². The molecule has 0 fully saturated rings. The Morgan fingerprint density at radius 2 is 1.80 bits per heavy atom. The molecule has 0 saturated heterocycles. The molecule has 0 saturated carbocycles. The molecule has 35 heavy (non-hydrogen) atoms. The van der Waals surface area contributed by atoms with Crippen molar-refractivity contribution in [2.45, 2.75) is 37.0 Å². The van der Waals surface area contributed by atoms with Gasteiger partial charge in [0.1, 0.15) is 10.7 Å². The van der Waals surface area contributed by atoms with Crippen LogP contribution in [0.5, 0.6) is 0 Å². The Labute approximate surface area is 205 Å². The first-order chi connectivity index (χ1) is 16.6. The lowest BCUT2D eigenvalue weighted by atomic mass is 10.0. The van der Waals surface area contributed by atoms with Crippen LogP contribution in [0.2, 0.25) is 0 Å². The molecule has 2 aromatic rings. The van der Waals surface area contributed by atoms with E-state index in [1.54, 1.807) is 70.7 Å². The first-order valence-electron chi connectivity index (χ1n) is 11.4. The number of carbonyl (C=O) groups is 1. The second-order valence-electron chi connectivity index (χ2n) is 8.94. The molecule has 0 aliphatic carbocycles. The molecule has 2 aliphatic heterocycles. The van der Waals surface area contributed by atoms with Gasteiger partial charge >= 0.3 is 0 Å². The summed E-state index contributed by atoms with van der Waals surface area (Å²) < 4.78 is 28.8. The van der Waals surface area contributed by atoms with Crippen LogP contribution in [0.1, 0.15) is 30.6 Å². The normalized spacial score (nSPS) is 19.1. The highest BCUT2D eigenvalue weighted by molar-refractivity contribution is 7.89. The third-order valence-electron chi connectivity index (χ3n) is 5.63. The number of benzene rings is 2. The molecule has 186 valence electrons. The van der Waals surface area contributed by atoms with Gasteiger partial charge in [-0.05, 0) is 56.7 Å². The molecule has 0 radical (unpaired) electrons. The van der Waals surface area contributed by atoms with Gasteiger partial charge in [-0.15, -0.1) is 0 Å². The molecule has 0 bridgehead atoms. The Hall–Kier alpha value is -3.57. The summed E-state index contributed by atoms with van der Waals surface area (Å²) in [7, 11) is -0.355. The quantitative estimate of drug-likeness (QED) is 0.354. The van der Waals surface area contributed by atoms with Gasteiger partial charge < -0.3 is 26.2 Å². The van der Waals surface area contributed by atoms with Crippen molar-refractivity contribution in [1.29, 1.82) is 0 Å². The summed E-state index contributed by atoms with van der Waals surface area (Å²) in [6, 6.07) is 13.6. The van der Waals surface area contributed by atoms with Crippen molar-refractivity contribution in [3.8, 4) is 0 Å². The topological polar surface area (TPSA) is 127 Å². The van der Waals surface area contributed by atoms with Crippen molar-refractivity contribution in [2.75, 3.05) is 31.3 Å². The Bertz CT molecular complexity index is 1270. The van der Waals surface area contributed by atoms with Crippen LogP contribution >= 0.6 is 0 Å². The number of sulfonamides is 1. The molecule has 0 spiro atoms. The molecular weight excluding hydrogens is 466 g/mol. The standard InChI is InChI=1S/C24H31N7O3S/c1-16(2)30-35(33,34)21-8-6-5-7-20(21)29-24(19-13-14-25-22(19)26-15-27-24)28-18-11-9-17(10-12-18)23(32)31(3)4/h5-12,15-16,25,28-30H,13-14H2,1-4H3,(H,26,27). The molecule has 0 aromatic heterocycles. The molecule has 2 heterocycles. The van der Waals surface area contributed by atoms with Gasteiger partial charge in [-0.2, -0.15) is 0 Å². The highest BCUT2D eigenvalue weighted by Crippen LogP contribution is 2.35. The van der Waals surface area contributed by atoms with Crippen molar-refractivity contribution in [3.63, 3.8) is 0 Å². The molecule has 1 amide bonds. The van der Waals surface area contributed by atoms with Crippen molar-refractivity contribution in [3.05, 3.63) is 65.5 Å². The zero-order valence-electron chi connectivity index (χ0n) is 20.2. The van der Waals surface area contributed by atoms with Crippen molar-refractivity contribution >= 4 is 33.6 Å². The van der Waals surface area contributed by atoms with Crippen LogP contribution in [0.25, 0.3) is 0 Å². The van der Waals surface area contributed by atoms with Gasteiger partial charge in [0.15, 0.2) is 0 Å². The molecule has 11 heteroatoms. The lowest BCUT2D eigenvalue weighted by Gasteiger charge is -2.37. The van der Waals surface area contributed by atoms with Crippen LogP contribution in [-0.4, -0.2) is 58.0 Å². The van der Waals surface area contributed by atoms with Crippen molar-refractivity contribution in [2.24, 2.45) is 4.99 Å². The second kappa shape index (κ2) is 9.59. The van der Waals surface area contributed by atoms with Crippen LogP contribution < -0.4 is 26.0 Å². The van der Waals surface area contributed by atoms with E-state index in [9.17, 15) is 13.2 Å². The fourth-order valence-corrected chi connectivity index (χ4v) is 5.51. The van der Waals surface area contributed by atoms with Gasteiger partial charge in [-0.3, -0.25) is 4.79 Å². The molecule has 5 N–H and O–H groups in total. The second-order valence-corrected chi connectivity index (χ2v) is 10.6. The van der Waals surface area contributed by atoms with Gasteiger partial charge in [0.05, 0.1) is 12.0 Å². The third kappa shape index (κ3) is 5.10. The minimum Gasteiger partial charge on any atom is -0.371 e. The van der Waals surface area contributed by atoms with E-state index in [1.165, 1.54) is 4.90 Å². The van der Waals surface area contributed by atoms with Crippen LogP contribution in [-0.2, 0) is 10.0 Å². The van der Waals surface area contributed by atoms with E-state index in [-0.39, 0.29) is 16.8 Å². The van der Waals surface area contributed by atoms with Gasteiger partial charge in [-0.1, -0.05) is 12.1 Å². The number of hydrogen-bond acceptors (Lipinski definition) is 8. The highest BCUT2D eigenvalue weighted by Gasteiger charge is 2.41. The maximum atomic E-state index is 13.1. The Morgan fingerprint density at radius 3 is 2.49 bits per heavy atom. The predicted molar refractivity (Wildman–Crippen MR) is 138 cm³/mol. The van der Waals surface area contributed by atoms with E-state index in [0.29, 0.717) is 23.4 Å². The molecule has 1 unspecified atom stereocenters. The Morgan fingerprint density at radius 1 is 1.09 bits per heavy atom. The average Bonchev–Trinajstić information content (AvgIpc) is 3.29. The van der Waals surface area contributed by atoms with Crippen LogP contribution in [0, 0.1) is 0 Å². The minimum absolute atomic E-state index is 0.0916. The summed E-state index contributed by atoms with van der Waals surface area (Å²) >= 11 is 0. The van der Waals surface area contributed by atoms with Crippen molar-refractivity contribution < 1.29 is 13.2 Å². The lowest BCUT2D eigenvalue weighted by Crippen LogP contribution is -2.50. The van der Waals surface area contributed by atoms with E-state index in [1.807, 2.05) is 12.1 Å². The molecule has 10 nitrogen and oxygen atoms in total. The number of carbonyl (C=O) groups excluding carboxylic acids is 1. The Kier molecular flexibility index (Phi) is 6.73. The molecular formula is C24H31N7O3S. The van der Waals surface area contributed by atoms with Crippen LogP contribution in [0.4, 0.5) is 11.4 Å². The lowest BCUT2D eigenvalue weighted by molar-refractivity contribution is 0.0827. The minimum atomic E-state index is -3.77. The maximum absolute atomic E-state index is 13.1. The Balaban J connectivity index is 1.74. The summed E-state index contributed by atoms with van der Waals surface area (Å²) in [6.07, 6.45) is 2.26. The van der Waals surface area contributed by atoms with E-state index in [2.05, 4.69) is 26.0 Å². The smallest absolute Gasteiger partial charge is 0.253 e. The van der Waals surface area contributed by atoms with Crippen LogP contribution in [0.15, 0.2) is 69.8 Å². The molecule has 2 aromatic carbocycles. The number of hydrogen-bond donors (Lipinski definition) is 5. The SMILES string of the molecule is CC(C)NS(=O)(=O)c1ccccc1NC1(Nc2ccc(C(=O)N(C)C)cc2)N=CNC2=C1CCN2. The van der Waals surface area contributed by atoms with E-state index >= 15 is 0 Å². The summed E-state index contributed by atoms with van der Waals surface area (Å²) in [5.41, 5.74) is 2.60. The van der Waals surface area contributed by atoms with Gasteiger partial charge in [0, 0.05) is 43.5 Å². The largest absolute Gasteiger partial charge is 0.371 e. The summed E-state index contributed by atoms with van der Waals surface area (Å²) in [4.78, 5) is 18.7. The molecule has 1 atom stereocenters. The maximum Gasteiger partial charge on any atom is 0.253 e. The van der Waals surface area contributed by atoms with Crippen molar-refractivity contribution in [1.82, 2.24) is 20.3 Å². The third-order valence-corrected chi connectivity index (χ3v) is 7.35. The fraction of sp³-hybridized carbons (Fsp3) is 0.333. The van der Waals surface area contributed by atoms with E-state index in [0.717, 1.165) is 17.9 Å². The summed E-state index contributed by atoms with van der Waals surface area (Å²) in [5, 5.41) is 13.3. The zero-order valence-corrected chi connectivity index (χ0v) is 21.0. The van der Waals surface area contributed by atoms with Gasteiger partial charge in [0.2, 0.25) is 15.8 Å².